The fourth-order valence-corrected chi connectivity index (χ4v) is 3.91. The van der Waals surface area contributed by atoms with Crippen molar-refractivity contribution in [2.24, 2.45) is 0 Å². The maximum absolute atomic E-state index is 12.7. The van der Waals surface area contributed by atoms with E-state index >= 15 is 0 Å². The molecule has 2 heterocycles. The summed E-state index contributed by atoms with van der Waals surface area (Å²) < 4.78 is 2.49. The van der Waals surface area contributed by atoms with Crippen LogP contribution in [0.2, 0.25) is 0 Å². The van der Waals surface area contributed by atoms with Gasteiger partial charge in [0.1, 0.15) is 0 Å². The van der Waals surface area contributed by atoms with Crippen LogP contribution in [0.25, 0.3) is 21.5 Å². The van der Waals surface area contributed by atoms with Crippen LogP contribution in [0.3, 0.4) is 0 Å². The van der Waals surface area contributed by atoms with Crippen molar-refractivity contribution >= 4 is 21.5 Å². The van der Waals surface area contributed by atoms with Gasteiger partial charge in [-0.2, -0.15) is 0 Å². The molecule has 2 aromatic heterocycles. The van der Waals surface area contributed by atoms with Crippen molar-refractivity contribution in [3.05, 3.63) is 53.5 Å². The molecule has 3 rings (SSSR count). The van der Waals surface area contributed by atoms with Gasteiger partial charge >= 0.3 is 0 Å². The number of fused-ring (bicyclic) bond motifs is 2. The summed E-state index contributed by atoms with van der Waals surface area (Å²) in [4.78, 5) is 50.9. The number of hydrogen-bond acceptors (Lipinski definition) is 4. The third-order valence-electron chi connectivity index (χ3n) is 5.25. The Morgan fingerprint density at radius 3 is 1.15 bits per heavy atom. The molecule has 1 aromatic carbocycles. The minimum Gasteiger partial charge on any atom is -0.272 e. The Labute approximate surface area is 150 Å². The van der Waals surface area contributed by atoms with Crippen LogP contribution in [0.1, 0.15) is 65.5 Å². The van der Waals surface area contributed by atoms with Crippen LogP contribution in [0.5, 0.6) is 0 Å². The van der Waals surface area contributed by atoms with E-state index in [2.05, 4.69) is 0 Å². The summed E-state index contributed by atoms with van der Waals surface area (Å²) >= 11 is 0. The zero-order valence-electron chi connectivity index (χ0n) is 15.7. The summed E-state index contributed by atoms with van der Waals surface area (Å²) in [5.41, 5.74) is -1.52. The second kappa shape index (κ2) is 6.67. The summed E-state index contributed by atoms with van der Waals surface area (Å²) in [5, 5.41) is 0.899. The van der Waals surface area contributed by atoms with Crippen LogP contribution in [0.15, 0.2) is 31.3 Å². The summed E-state index contributed by atoms with van der Waals surface area (Å²) in [6, 6.07) is 2.44. The Morgan fingerprint density at radius 2 is 0.923 bits per heavy atom. The van der Waals surface area contributed by atoms with Gasteiger partial charge in [-0.25, -0.2) is 0 Å². The van der Waals surface area contributed by atoms with Crippen LogP contribution >= 0.6 is 0 Å². The Hall–Kier alpha value is -2.50. The zero-order valence-corrected chi connectivity index (χ0v) is 15.7. The first-order valence-corrected chi connectivity index (χ1v) is 9.27. The Bertz CT molecular complexity index is 1010. The molecule has 0 saturated heterocycles. The lowest BCUT2D eigenvalue weighted by Gasteiger charge is -2.09. The van der Waals surface area contributed by atoms with Gasteiger partial charge in [0.05, 0.1) is 21.5 Å². The minimum atomic E-state index is -0.381. The van der Waals surface area contributed by atoms with Gasteiger partial charge < -0.3 is 0 Å². The largest absolute Gasteiger partial charge is 0.272 e. The fourth-order valence-electron chi connectivity index (χ4n) is 3.91. The van der Waals surface area contributed by atoms with Crippen LogP contribution in [-0.4, -0.2) is 9.13 Å². The lowest BCUT2D eigenvalue weighted by Crippen LogP contribution is -2.29. The highest BCUT2D eigenvalue weighted by Gasteiger charge is 2.22. The number of rotatable bonds is 6. The predicted octanol–water partition coefficient (Wildman–Crippen LogP) is 2.63. The molecule has 0 radical (unpaired) electrons. The molecule has 138 valence electrons. The molecular formula is C20H24N2O4. The SMILES string of the molecule is CCC[C@H](C)n1c(=O)c2cc3c(=O)n([C@@H](C)CCC)c(=O)c3cc2c1=O. The van der Waals surface area contributed by atoms with Gasteiger partial charge in [0.25, 0.3) is 22.2 Å². The molecule has 0 unspecified atom stereocenters. The molecule has 0 fully saturated rings. The normalized spacial score (nSPS) is 14.3. The molecule has 0 bridgehead atoms. The van der Waals surface area contributed by atoms with E-state index in [9.17, 15) is 19.2 Å². The summed E-state index contributed by atoms with van der Waals surface area (Å²) in [7, 11) is 0. The molecular weight excluding hydrogens is 332 g/mol. The summed E-state index contributed by atoms with van der Waals surface area (Å²) in [6.45, 7) is 7.66. The van der Waals surface area contributed by atoms with Gasteiger partial charge in [0.15, 0.2) is 0 Å². The van der Waals surface area contributed by atoms with Crippen molar-refractivity contribution in [1.29, 1.82) is 0 Å². The third kappa shape index (κ3) is 2.55. The molecule has 0 spiro atoms. The van der Waals surface area contributed by atoms with E-state index in [0.29, 0.717) is 12.8 Å². The smallest absolute Gasteiger partial charge is 0.261 e. The Balaban J connectivity index is 2.35. The molecule has 6 nitrogen and oxygen atoms in total. The quantitative estimate of drug-likeness (QED) is 0.680. The lowest BCUT2D eigenvalue weighted by atomic mass is 10.1. The maximum atomic E-state index is 12.7. The molecule has 3 aromatic rings. The number of benzene rings is 1. The highest BCUT2D eigenvalue weighted by atomic mass is 16.2. The molecule has 0 aliphatic carbocycles. The first kappa shape index (κ1) is 18.3. The summed E-state index contributed by atoms with van der Waals surface area (Å²) in [6.07, 6.45) is 3.13. The maximum Gasteiger partial charge on any atom is 0.261 e. The Morgan fingerprint density at radius 1 is 0.654 bits per heavy atom. The average molecular weight is 356 g/mol. The van der Waals surface area contributed by atoms with Crippen LogP contribution < -0.4 is 22.2 Å². The molecule has 0 aliphatic rings. The first-order chi connectivity index (χ1) is 12.3. The van der Waals surface area contributed by atoms with E-state index in [0.717, 1.165) is 12.8 Å². The van der Waals surface area contributed by atoms with Gasteiger partial charge in [-0.3, -0.25) is 28.3 Å². The van der Waals surface area contributed by atoms with E-state index < -0.39 is 0 Å². The van der Waals surface area contributed by atoms with E-state index in [-0.39, 0.29) is 55.9 Å². The zero-order chi connectivity index (χ0) is 19.2. The van der Waals surface area contributed by atoms with Gasteiger partial charge in [-0.1, -0.05) is 26.7 Å². The highest BCUT2D eigenvalue weighted by Crippen LogP contribution is 2.19. The van der Waals surface area contributed by atoms with Crippen LogP contribution in [-0.2, 0) is 0 Å². The second-order valence-corrected chi connectivity index (χ2v) is 7.18. The Kier molecular flexibility index (Phi) is 4.69. The monoisotopic (exact) mass is 356 g/mol. The van der Waals surface area contributed by atoms with Gasteiger partial charge in [0.2, 0.25) is 0 Å². The first-order valence-electron chi connectivity index (χ1n) is 9.27. The van der Waals surface area contributed by atoms with Crippen molar-refractivity contribution in [3.8, 4) is 0 Å². The molecule has 0 saturated carbocycles. The van der Waals surface area contributed by atoms with Crippen molar-refractivity contribution in [2.75, 3.05) is 0 Å². The number of nitrogens with zero attached hydrogens (tertiary/aromatic N) is 2. The molecule has 0 N–H and O–H groups in total. The van der Waals surface area contributed by atoms with Crippen LogP contribution in [0.4, 0.5) is 0 Å². The van der Waals surface area contributed by atoms with Crippen molar-refractivity contribution < 1.29 is 0 Å². The van der Waals surface area contributed by atoms with Gasteiger partial charge in [0, 0.05) is 12.1 Å². The van der Waals surface area contributed by atoms with Crippen molar-refractivity contribution in [3.63, 3.8) is 0 Å². The number of aromatic nitrogens is 2. The average Bonchev–Trinajstić information content (AvgIpc) is 2.98. The topological polar surface area (TPSA) is 78.1 Å². The van der Waals surface area contributed by atoms with E-state index in [1.807, 2.05) is 27.7 Å². The fraction of sp³-hybridized carbons (Fsp3) is 0.500. The summed E-state index contributed by atoms with van der Waals surface area (Å²) in [5.74, 6) is 0. The van der Waals surface area contributed by atoms with Crippen LogP contribution in [0, 0.1) is 0 Å². The minimum absolute atomic E-state index is 0.213. The predicted molar refractivity (Wildman–Crippen MR) is 104 cm³/mol. The molecule has 26 heavy (non-hydrogen) atoms. The van der Waals surface area contributed by atoms with E-state index in [4.69, 9.17) is 0 Å². The number of hydrogen-bond donors (Lipinski definition) is 0. The third-order valence-corrected chi connectivity index (χ3v) is 5.25. The van der Waals surface area contributed by atoms with Crippen molar-refractivity contribution in [2.45, 2.75) is 65.5 Å². The van der Waals surface area contributed by atoms with E-state index in [1.165, 1.54) is 21.3 Å². The van der Waals surface area contributed by atoms with Crippen molar-refractivity contribution in [1.82, 2.24) is 9.13 Å². The lowest BCUT2D eigenvalue weighted by molar-refractivity contribution is 0.482. The standard InChI is InChI=1S/C20H24N2O4/c1-5-7-11(3)21-17(23)13-9-15-16(10-14(13)18(21)24)20(26)22(19(15)25)12(4)8-6-2/h9-12H,5-8H2,1-4H3/t11-,12-/m0/s1. The molecule has 2 atom stereocenters. The highest BCUT2D eigenvalue weighted by molar-refractivity contribution is 5.97. The molecule has 6 heteroatoms. The second-order valence-electron chi connectivity index (χ2n) is 7.18. The van der Waals surface area contributed by atoms with Gasteiger partial charge in [-0.15, -0.1) is 0 Å². The molecule has 0 amide bonds. The molecule has 0 aliphatic heterocycles. The van der Waals surface area contributed by atoms with Gasteiger partial charge in [-0.05, 0) is 38.8 Å². The van der Waals surface area contributed by atoms with E-state index in [1.54, 1.807) is 0 Å².